The molecule has 2 nitrogen and oxygen atoms in total. The Morgan fingerprint density at radius 3 is 2.76 bits per heavy atom. The Bertz CT molecular complexity index is 369. The van der Waals surface area contributed by atoms with Gasteiger partial charge >= 0.3 is 0 Å². The molecule has 0 aliphatic rings. The van der Waals surface area contributed by atoms with Gasteiger partial charge in [-0.15, -0.1) is 0 Å². The van der Waals surface area contributed by atoms with Gasteiger partial charge in [0.15, 0.2) is 0 Å². The SMILES string of the molecule is Cc1cc(Br)c(F)cc1NCCOCC(C)C. The number of rotatable bonds is 6. The summed E-state index contributed by atoms with van der Waals surface area (Å²) in [5.41, 5.74) is 1.83. The van der Waals surface area contributed by atoms with Gasteiger partial charge in [-0.1, -0.05) is 13.8 Å². The number of ether oxygens (including phenoxy) is 1. The van der Waals surface area contributed by atoms with E-state index in [1.165, 1.54) is 6.07 Å². The molecule has 0 aliphatic heterocycles. The first-order valence-corrected chi connectivity index (χ1v) is 6.57. The molecule has 4 heteroatoms. The highest BCUT2D eigenvalue weighted by molar-refractivity contribution is 9.10. The predicted molar refractivity (Wildman–Crippen MR) is 73.0 cm³/mol. The maximum Gasteiger partial charge on any atom is 0.139 e. The van der Waals surface area contributed by atoms with Crippen LogP contribution in [0.15, 0.2) is 16.6 Å². The Balaban J connectivity index is 2.39. The summed E-state index contributed by atoms with van der Waals surface area (Å²) >= 11 is 3.16. The van der Waals surface area contributed by atoms with Crippen molar-refractivity contribution in [3.63, 3.8) is 0 Å². The first-order chi connectivity index (χ1) is 8.00. The van der Waals surface area contributed by atoms with Gasteiger partial charge in [0.2, 0.25) is 0 Å². The molecule has 1 N–H and O–H groups in total. The summed E-state index contributed by atoms with van der Waals surface area (Å²) < 4.78 is 19.3. The fourth-order valence-electron chi connectivity index (χ4n) is 1.41. The van der Waals surface area contributed by atoms with E-state index >= 15 is 0 Å². The normalized spacial score (nSPS) is 10.9. The topological polar surface area (TPSA) is 21.3 Å². The first kappa shape index (κ1) is 14.5. The van der Waals surface area contributed by atoms with Crippen molar-refractivity contribution < 1.29 is 9.13 Å². The van der Waals surface area contributed by atoms with Crippen LogP contribution in [-0.4, -0.2) is 19.8 Å². The van der Waals surface area contributed by atoms with Crippen molar-refractivity contribution in [2.75, 3.05) is 25.1 Å². The van der Waals surface area contributed by atoms with Crippen molar-refractivity contribution in [3.05, 3.63) is 28.0 Å². The number of hydrogen-bond acceptors (Lipinski definition) is 2. The van der Waals surface area contributed by atoms with E-state index in [1.54, 1.807) is 6.07 Å². The summed E-state index contributed by atoms with van der Waals surface area (Å²) in [6, 6.07) is 3.27. The molecule has 0 unspecified atom stereocenters. The van der Waals surface area contributed by atoms with Crippen molar-refractivity contribution in [2.24, 2.45) is 5.92 Å². The van der Waals surface area contributed by atoms with Crippen LogP contribution in [0.4, 0.5) is 10.1 Å². The van der Waals surface area contributed by atoms with Crippen LogP contribution in [0.2, 0.25) is 0 Å². The molecule has 96 valence electrons. The molecule has 1 aromatic carbocycles. The molecule has 1 rings (SSSR count). The fourth-order valence-corrected chi connectivity index (χ4v) is 1.87. The smallest absolute Gasteiger partial charge is 0.139 e. The van der Waals surface area contributed by atoms with Crippen LogP contribution in [0.25, 0.3) is 0 Å². The molecule has 0 atom stereocenters. The zero-order valence-corrected chi connectivity index (χ0v) is 12.1. The first-order valence-electron chi connectivity index (χ1n) is 5.78. The minimum Gasteiger partial charge on any atom is -0.382 e. The number of nitrogens with one attached hydrogen (secondary N) is 1. The summed E-state index contributed by atoms with van der Waals surface area (Å²) in [5, 5.41) is 3.17. The summed E-state index contributed by atoms with van der Waals surface area (Å²) in [5.74, 6) is 0.294. The van der Waals surface area contributed by atoms with Crippen molar-refractivity contribution in [1.29, 1.82) is 0 Å². The maximum atomic E-state index is 13.3. The zero-order chi connectivity index (χ0) is 12.8. The van der Waals surface area contributed by atoms with Crippen molar-refractivity contribution in [3.8, 4) is 0 Å². The van der Waals surface area contributed by atoms with Gasteiger partial charge in [0.1, 0.15) is 5.82 Å². The van der Waals surface area contributed by atoms with E-state index in [9.17, 15) is 4.39 Å². The molecule has 1 aromatic rings. The molecule has 0 heterocycles. The van der Waals surface area contributed by atoms with E-state index in [2.05, 4.69) is 35.1 Å². The molecule has 17 heavy (non-hydrogen) atoms. The number of benzene rings is 1. The Morgan fingerprint density at radius 2 is 2.12 bits per heavy atom. The van der Waals surface area contributed by atoms with Gasteiger partial charge in [-0.3, -0.25) is 0 Å². The van der Waals surface area contributed by atoms with E-state index in [0.29, 0.717) is 23.5 Å². The summed E-state index contributed by atoms with van der Waals surface area (Å²) in [6.07, 6.45) is 0. The number of aryl methyl sites for hydroxylation is 1. The van der Waals surface area contributed by atoms with Crippen LogP contribution in [0.3, 0.4) is 0 Å². The Hall–Kier alpha value is -0.610. The summed E-state index contributed by atoms with van der Waals surface area (Å²) in [7, 11) is 0. The van der Waals surface area contributed by atoms with E-state index in [-0.39, 0.29) is 5.82 Å². The van der Waals surface area contributed by atoms with Gasteiger partial charge in [-0.2, -0.15) is 0 Å². The molecular formula is C13H19BrFNO. The Kier molecular flexibility index (Phi) is 5.92. The van der Waals surface area contributed by atoms with Gasteiger partial charge in [-0.25, -0.2) is 4.39 Å². The van der Waals surface area contributed by atoms with Crippen molar-refractivity contribution >= 4 is 21.6 Å². The van der Waals surface area contributed by atoms with E-state index in [0.717, 1.165) is 17.9 Å². The molecule has 0 amide bonds. The van der Waals surface area contributed by atoms with Crippen LogP contribution < -0.4 is 5.32 Å². The Labute approximate surface area is 111 Å². The standard InChI is InChI=1S/C13H19BrFNO/c1-9(2)8-17-5-4-16-13-7-12(15)11(14)6-10(13)3/h6-7,9,16H,4-5,8H2,1-3H3. The molecule has 0 saturated carbocycles. The zero-order valence-electron chi connectivity index (χ0n) is 10.5. The molecule has 0 bridgehead atoms. The quantitative estimate of drug-likeness (QED) is 0.803. The number of anilines is 1. The van der Waals surface area contributed by atoms with E-state index in [1.807, 2.05) is 6.92 Å². The summed E-state index contributed by atoms with van der Waals surface area (Å²) in [6.45, 7) is 8.25. The lowest BCUT2D eigenvalue weighted by Crippen LogP contribution is -2.12. The van der Waals surface area contributed by atoms with Gasteiger partial charge in [-0.05, 0) is 46.5 Å². The monoisotopic (exact) mass is 303 g/mol. The largest absolute Gasteiger partial charge is 0.382 e. The molecule has 0 saturated heterocycles. The molecule has 0 aromatic heterocycles. The lowest BCUT2D eigenvalue weighted by Gasteiger charge is -2.11. The third-order valence-electron chi connectivity index (χ3n) is 2.28. The third kappa shape index (κ3) is 5.04. The lowest BCUT2D eigenvalue weighted by atomic mass is 10.2. The second-order valence-corrected chi connectivity index (χ2v) is 5.33. The third-order valence-corrected chi connectivity index (χ3v) is 2.89. The van der Waals surface area contributed by atoms with Crippen LogP contribution in [0.5, 0.6) is 0 Å². The van der Waals surface area contributed by atoms with Crippen molar-refractivity contribution in [1.82, 2.24) is 0 Å². The highest BCUT2D eigenvalue weighted by atomic mass is 79.9. The number of halogens is 2. The minimum absolute atomic E-state index is 0.249. The molecule has 0 aliphatic carbocycles. The van der Waals surface area contributed by atoms with Gasteiger partial charge in [0, 0.05) is 18.8 Å². The molecular weight excluding hydrogens is 285 g/mol. The molecule has 0 spiro atoms. The Morgan fingerprint density at radius 1 is 1.41 bits per heavy atom. The average molecular weight is 304 g/mol. The maximum absolute atomic E-state index is 13.3. The second kappa shape index (κ2) is 6.97. The van der Waals surface area contributed by atoms with E-state index < -0.39 is 0 Å². The van der Waals surface area contributed by atoms with Gasteiger partial charge in [0.25, 0.3) is 0 Å². The average Bonchev–Trinajstić information content (AvgIpc) is 2.24. The predicted octanol–water partition coefficient (Wildman–Crippen LogP) is 3.98. The van der Waals surface area contributed by atoms with Gasteiger partial charge < -0.3 is 10.1 Å². The van der Waals surface area contributed by atoms with Crippen LogP contribution >= 0.6 is 15.9 Å². The van der Waals surface area contributed by atoms with Gasteiger partial charge in [0.05, 0.1) is 11.1 Å². The van der Waals surface area contributed by atoms with E-state index in [4.69, 9.17) is 4.74 Å². The van der Waals surface area contributed by atoms with Crippen molar-refractivity contribution in [2.45, 2.75) is 20.8 Å². The minimum atomic E-state index is -0.249. The molecule has 0 radical (unpaired) electrons. The van der Waals surface area contributed by atoms with Crippen LogP contribution in [0, 0.1) is 18.7 Å². The van der Waals surface area contributed by atoms with Crippen LogP contribution in [-0.2, 0) is 4.74 Å². The van der Waals surface area contributed by atoms with Crippen LogP contribution in [0.1, 0.15) is 19.4 Å². The lowest BCUT2D eigenvalue weighted by molar-refractivity contribution is 0.118. The second-order valence-electron chi connectivity index (χ2n) is 4.48. The highest BCUT2D eigenvalue weighted by Crippen LogP contribution is 2.23. The fraction of sp³-hybridized carbons (Fsp3) is 0.538. The number of hydrogen-bond donors (Lipinski definition) is 1. The highest BCUT2D eigenvalue weighted by Gasteiger charge is 2.04. The molecule has 0 fully saturated rings. The summed E-state index contributed by atoms with van der Waals surface area (Å²) in [4.78, 5) is 0.